The molecule has 4 aromatic carbocycles. The zero-order valence-electron chi connectivity index (χ0n) is 25.1. The maximum Gasteiger partial charge on any atom is 0.418 e. The number of carbonyl (C=O) groups is 1. The molecule has 0 saturated heterocycles. The van der Waals surface area contributed by atoms with Gasteiger partial charge in [-0.05, 0) is 90.7 Å². The number of aromatic nitrogens is 1. The number of pyridine rings is 1. The van der Waals surface area contributed by atoms with Gasteiger partial charge in [0, 0.05) is 0 Å². The first kappa shape index (κ1) is 31.9. The molecule has 2 N–H and O–H groups in total. The van der Waals surface area contributed by atoms with Crippen molar-refractivity contribution >= 4 is 11.7 Å². The summed E-state index contributed by atoms with van der Waals surface area (Å²) in [5.41, 5.74) is 6.79. The number of hydrogen-bond donors (Lipinski definition) is 1. The molecule has 0 aliphatic heterocycles. The highest BCUT2D eigenvalue weighted by Crippen LogP contribution is 2.36. The molecule has 0 atom stereocenters. The third kappa shape index (κ3) is 7.76. The summed E-state index contributed by atoms with van der Waals surface area (Å²) in [4.78, 5) is 25.2. The Hall–Kier alpha value is -5.51. The van der Waals surface area contributed by atoms with Gasteiger partial charge in [-0.1, -0.05) is 54.1 Å². The van der Waals surface area contributed by atoms with E-state index in [-0.39, 0.29) is 25.5 Å². The van der Waals surface area contributed by atoms with Crippen LogP contribution in [-0.4, -0.2) is 17.1 Å². The molecule has 46 heavy (non-hydrogen) atoms. The van der Waals surface area contributed by atoms with Gasteiger partial charge in [-0.3, -0.25) is 4.79 Å². The van der Waals surface area contributed by atoms with Gasteiger partial charge in [-0.15, -0.1) is 0 Å². The number of alkyl halides is 3. The summed E-state index contributed by atoms with van der Waals surface area (Å²) < 4.78 is 59.4. The molecule has 5 rings (SSSR count). The lowest BCUT2D eigenvalue weighted by Gasteiger charge is -2.19. The third-order valence-electron chi connectivity index (χ3n) is 7.28. The second kappa shape index (κ2) is 13.6. The minimum atomic E-state index is -4.81. The molecule has 0 fully saturated rings. The number of carbonyl (C=O) groups excluding carboxylic acids is 1. The van der Waals surface area contributed by atoms with Gasteiger partial charge in [0.2, 0.25) is 0 Å². The van der Waals surface area contributed by atoms with Crippen LogP contribution < -0.4 is 20.8 Å². The lowest BCUT2D eigenvalue weighted by Crippen LogP contribution is -2.29. The minimum absolute atomic E-state index is 0.0417. The van der Waals surface area contributed by atoms with Gasteiger partial charge in [0.1, 0.15) is 29.5 Å². The first-order valence-corrected chi connectivity index (χ1v) is 14.4. The number of aryl methyl sites for hydroxylation is 2. The van der Waals surface area contributed by atoms with Crippen molar-refractivity contribution in [2.75, 3.05) is 12.3 Å². The van der Waals surface area contributed by atoms with Crippen molar-refractivity contribution in [1.82, 2.24) is 4.57 Å². The van der Waals surface area contributed by atoms with Gasteiger partial charge in [0.25, 0.3) is 5.56 Å². The van der Waals surface area contributed by atoms with Crippen LogP contribution in [0.15, 0.2) is 108 Å². The lowest BCUT2D eigenvalue weighted by atomic mass is 10.0. The van der Waals surface area contributed by atoms with E-state index in [4.69, 9.17) is 19.9 Å². The van der Waals surface area contributed by atoms with Crippen molar-refractivity contribution in [2.24, 2.45) is 0 Å². The number of rotatable bonds is 10. The molecule has 7 nitrogen and oxygen atoms in total. The van der Waals surface area contributed by atoms with Gasteiger partial charge in [-0.25, -0.2) is 4.79 Å². The third-order valence-corrected chi connectivity index (χ3v) is 7.28. The summed E-state index contributed by atoms with van der Waals surface area (Å²) >= 11 is 0. The summed E-state index contributed by atoms with van der Waals surface area (Å²) in [6, 6.07) is 28.8. The van der Waals surface area contributed by atoms with E-state index < -0.39 is 29.0 Å². The van der Waals surface area contributed by atoms with Crippen LogP contribution in [-0.2, 0) is 28.9 Å². The average Bonchev–Trinajstić information content (AvgIpc) is 3.03. The Bertz CT molecular complexity index is 1890. The quantitative estimate of drug-likeness (QED) is 0.159. The summed E-state index contributed by atoms with van der Waals surface area (Å²) in [6.07, 6.45) is -4.81. The molecule has 0 spiro atoms. The van der Waals surface area contributed by atoms with E-state index in [9.17, 15) is 22.8 Å². The predicted molar refractivity (Wildman–Crippen MR) is 169 cm³/mol. The highest BCUT2D eigenvalue weighted by atomic mass is 19.4. The summed E-state index contributed by atoms with van der Waals surface area (Å²) in [5.74, 6) is 0.805. The molecule has 1 heterocycles. The maximum absolute atomic E-state index is 13.8. The SMILES string of the molecule is Cc1ccc(Cn2c(-c3ccc(Oc4ccc(OCC(=O)OCc5ccccc5)cc4)cc3)cc(C(F)(F)F)c(N)c2=O)c(C)c1. The van der Waals surface area contributed by atoms with E-state index in [0.717, 1.165) is 28.3 Å². The predicted octanol–water partition coefficient (Wildman–Crippen LogP) is 7.70. The molecule has 0 radical (unpaired) electrons. The molecule has 236 valence electrons. The number of hydrogen-bond acceptors (Lipinski definition) is 6. The zero-order chi connectivity index (χ0) is 32.8. The van der Waals surface area contributed by atoms with E-state index in [0.29, 0.717) is 22.8 Å². The van der Waals surface area contributed by atoms with E-state index in [1.165, 1.54) is 4.57 Å². The first-order chi connectivity index (χ1) is 22.0. The van der Waals surface area contributed by atoms with E-state index >= 15 is 0 Å². The molecule has 0 saturated carbocycles. The van der Waals surface area contributed by atoms with Crippen LogP contribution in [0.5, 0.6) is 17.2 Å². The molecule has 0 bridgehead atoms. The van der Waals surface area contributed by atoms with Crippen LogP contribution in [0.25, 0.3) is 11.3 Å². The molecular formula is C36H31F3N2O5. The van der Waals surface area contributed by atoms with Gasteiger partial charge in [-0.2, -0.15) is 13.2 Å². The average molecular weight is 629 g/mol. The number of nitrogens with zero attached hydrogens (tertiary/aromatic N) is 1. The Morgan fingerprint density at radius 3 is 2.09 bits per heavy atom. The monoisotopic (exact) mass is 628 g/mol. The lowest BCUT2D eigenvalue weighted by molar-refractivity contribution is -0.147. The smallest absolute Gasteiger partial charge is 0.418 e. The van der Waals surface area contributed by atoms with Crippen LogP contribution in [0, 0.1) is 13.8 Å². The van der Waals surface area contributed by atoms with Gasteiger partial charge in [0.15, 0.2) is 6.61 Å². The van der Waals surface area contributed by atoms with Crippen LogP contribution in [0.2, 0.25) is 0 Å². The van der Waals surface area contributed by atoms with Crippen molar-refractivity contribution in [3.05, 3.63) is 141 Å². The molecule has 5 aromatic rings. The number of nitrogens with two attached hydrogens (primary N) is 1. The van der Waals surface area contributed by atoms with Crippen molar-refractivity contribution in [2.45, 2.75) is 33.2 Å². The minimum Gasteiger partial charge on any atom is -0.482 e. The summed E-state index contributed by atoms with van der Waals surface area (Å²) in [5, 5.41) is 0. The Balaban J connectivity index is 1.29. The Kier molecular flexibility index (Phi) is 9.46. The van der Waals surface area contributed by atoms with Gasteiger partial charge < -0.3 is 24.5 Å². The summed E-state index contributed by atoms with van der Waals surface area (Å²) in [7, 11) is 0. The van der Waals surface area contributed by atoms with Crippen molar-refractivity contribution in [3.63, 3.8) is 0 Å². The maximum atomic E-state index is 13.8. The highest BCUT2D eigenvalue weighted by Gasteiger charge is 2.35. The number of ether oxygens (including phenoxy) is 3. The second-order valence-electron chi connectivity index (χ2n) is 10.7. The van der Waals surface area contributed by atoms with Crippen LogP contribution in [0.1, 0.15) is 27.8 Å². The Morgan fingerprint density at radius 1 is 0.826 bits per heavy atom. The number of anilines is 1. The molecule has 0 aliphatic rings. The normalized spacial score (nSPS) is 11.2. The van der Waals surface area contributed by atoms with Crippen LogP contribution in [0.3, 0.4) is 0 Å². The number of esters is 1. The molecule has 0 aliphatic carbocycles. The fourth-order valence-electron chi connectivity index (χ4n) is 4.84. The van der Waals surface area contributed by atoms with Crippen molar-refractivity contribution < 1.29 is 32.2 Å². The first-order valence-electron chi connectivity index (χ1n) is 14.4. The largest absolute Gasteiger partial charge is 0.482 e. The van der Waals surface area contributed by atoms with E-state index in [2.05, 4.69) is 0 Å². The molecule has 0 amide bonds. The van der Waals surface area contributed by atoms with Crippen LogP contribution in [0.4, 0.5) is 18.9 Å². The second-order valence-corrected chi connectivity index (χ2v) is 10.7. The molecule has 1 aromatic heterocycles. The molecular weight excluding hydrogens is 597 g/mol. The molecule has 10 heteroatoms. The Morgan fingerprint density at radius 2 is 1.46 bits per heavy atom. The molecule has 0 unspecified atom stereocenters. The zero-order valence-corrected chi connectivity index (χ0v) is 25.1. The number of nitrogen functional groups attached to an aromatic ring is 1. The standard InChI is InChI=1S/C36H31F3N2O5/c1-23-8-9-27(24(2)18-23)20-41-32(19-31(36(37,38)39)34(40)35(41)43)26-10-12-29(13-11-26)46-30-16-14-28(15-17-30)44-22-33(42)45-21-25-6-4-3-5-7-25/h3-19H,20-22,40H2,1-2H3. The van der Waals surface area contributed by atoms with Crippen molar-refractivity contribution in [1.29, 1.82) is 0 Å². The fraction of sp³-hybridized carbons (Fsp3) is 0.167. The number of benzene rings is 4. The van der Waals surface area contributed by atoms with E-state index in [1.54, 1.807) is 48.5 Å². The highest BCUT2D eigenvalue weighted by molar-refractivity contribution is 5.71. The number of halogens is 3. The fourth-order valence-corrected chi connectivity index (χ4v) is 4.84. The Labute approximate surface area is 263 Å². The van der Waals surface area contributed by atoms with E-state index in [1.807, 2.05) is 62.4 Å². The topological polar surface area (TPSA) is 92.8 Å². The van der Waals surface area contributed by atoms with Gasteiger partial charge >= 0.3 is 12.1 Å². The summed E-state index contributed by atoms with van der Waals surface area (Å²) in [6.45, 7) is 3.75. The van der Waals surface area contributed by atoms with Crippen LogP contribution >= 0.6 is 0 Å². The van der Waals surface area contributed by atoms with Crippen molar-refractivity contribution in [3.8, 4) is 28.5 Å². The van der Waals surface area contributed by atoms with Gasteiger partial charge in [0.05, 0.1) is 17.8 Å².